The van der Waals surface area contributed by atoms with Crippen molar-refractivity contribution >= 4 is 22.7 Å². The number of aliphatic carboxylic acids is 1. The van der Waals surface area contributed by atoms with Crippen LogP contribution in [0.4, 0.5) is 5.95 Å². The van der Waals surface area contributed by atoms with Crippen LogP contribution in [0.25, 0.3) is 22.0 Å². The zero-order valence-corrected chi connectivity index (χ0v) is 15.0. The molecule has 2 heterocycles. The highest BCUT2D eigenvalue weighted by atomic mass is 16.4. The summed E-state index contributed by atoms with van der Waals surface area (Å²) >= 11 is 0. The molecule has 6 heteroatoms. The Labute approximate surface area is 157 Å². The smallest absolute Gasteiger partial charge is 0.320 e. The number of nitrogens with zero attached hydrogens (tertiary/aromatic N) is 3. The number of anilines is 1. The molecule has 27 heavy (non-hydrogen) atoms. The van der Waals surface area contributed by atoms with Gasteiger partial charge in [0.2, 0.25) is 5.95 Å². The van der Waals surface area contributed by atoms with E-state index < -0.39 is 12.0 Å². The first kappa shape index (κ1) is 17.4. The van der Waals surface area contributed by atoms with Crippen LogP contribution in [0.1, 0.15) is 12.8 Å². The molecule has 0 saturated carbocycles. The van der Waals surface area contributed by atoms with Gasteiger partial charge in [0, 0.05) is 24.8 Å². The summed E-state index contributed by atoms with van der Waals surface area (Å²) in [5.41, 5.74) is 7.71. The van der Waals surface area contributed by atoms with Crippen LogP contribution in [-0.4, -0.2) is 40.2 Å². The van der Waals surface area contributed by atoms with Crippen molar-refractivity contribution < 1.29 is 9.90 Å². The zero-order valence-electron chi connectivity index (χ0n) is 15.0. The SMILES string of the molecule is N[C@@H](C(=O)O)C1CCN(c2nccc(-c3ccc4ccccc4c3)n2)CC1. The summed E-state index contributed by atoms with van der Waals surface area (Å²) in [5.74, 6) is -0.242. The lowest BCUT2D eigenvalue weighted by Crippen LogP contribution is -2.45. The van der Waals surface area contributed by atoms with Crippen molar-refractivity contribution in [1.29, 1.82) is 0 Å². The van der Waals surface area contributed by atoms with Gasteiger partial charge in [-0.05, 0) is 41.7 Å². The second kappa shape index (κ2) is 7.32. The highest BCUT2D eigenvalue weighted by Gasteiger charge is 2.29. The van der Waals surface area contributed by atoms with E-state index >= 15 is 0 Å². The summed E-state index contributed by atoms with van der Waals surface area (Å²) in [6, 6.07) is 15.7. The maximum absolute atomic E-state index is 11.1. The number of hydrogen-bond acceptors (Lipinski definition) is 5. The molecule has 1 fully saturated rings. The summed E-state index contributed by atoms with van der Waals surface area (Å²) in [7, 11) is 0. The fourth-order valence-corrected chi connectivity index (χ4v) is 3.67. The minimum atomic E-state index is -0.928. The van der Waals surface area contributed by atoms with Crippen molar-refractivity contribution in [1.82, 2.24) is 9.97 Å². The Morgan fingerprint density at radius 3 is 2.59 bits per heavy atom. The van der Waals surface area contributed by atoms with E-state index in [1.165, 1.54) is 10.8 Å². The standard InChI is InChI=1S/C21H22N4O2/c22-19(20(26)27)15-8-11-25(12-9-15)21-23-10-7-18(24-21)17-6-5-14-3-1-2-4-16(14)13-17/h1-7,10,13,15,19H,8-9,11-12,22H2,(H,26,27)/t19-/m1/s1. The summed E-state index contributed by atoms with van der Waals surface area (Å²) in [6.07, 6.45) is 3.25. The highest BCUT2D eigenvalue weighted by molar-refractivity contribution is 5.86. The molecule has 6 nitrogen and oxygen atoms in total. The van der Waals surface area contributed by atoms with Crippen molar-refractivity contribution in [2.45, 2.75) is 18.9 Å². The van der Waals surface area contributed by atoms with E-state index in [1.807, 2.05) is 18.2 Å². The Bertz CT molecular complexity index is 967. The van der Waals surface area contributed by atoms with E-state index in [2.05, 4.69) is 40.2 Å². The predicted octanol–water partition coefficient (Wildman–Crippen LogP) is 2.93. The number of piperidine rings is 1. The summed E-state index contributed by atoms with van der Waals surface area (Å²) in [5, 5.41) is 11.5. The van der Waals surface area contributed by atoms with Crippen LogP contribution in [0.15, 0.2) is 54.7 Å². The number of carboxylic acid groups (broad SMARTS) is 1. The van der Waals surface area contributed by atoms with Gasteiger partial charge in [0.25, 0.3) is 0 Å². The number of nitrogens with two attached hydrogens (primary N) is 1. The third kappa shape index (κ3) is 3.61. The van der Waals surface area contributed by atoms with Crippen molar-refractivity contribution in [2.75, 3.05) is 18.0 Å². The largest absolute Gasteiger partial charge is 0.480 e. The quantitative estimate of drug-likeness (QED) is 0.741. The lowest BCUT2D eigenvalue weighted by atomic mass is 9.90. The molecular weight excluding hydrogens is 340 g/mol. The molecular formula is C21H22N4O2. The first-order chi connectivity index (χ1) is 13.1. The van der Waals surface area contributed by atoms with Crippen LogP contribution < -0.4 is 10.6 Å². The fourth-order valence-electron chi connectivity index (χ4n) is 3.67. The van der Waals surface area contributed by atoms with Crippen LogP contribution >= 0.6 is 0 Å². The lowest BCUT2D eigenvalue weighted by molar-refractivity contribution is -0.140. The Morgan fingerprint density at radius 2 is 1.85 bits per heavy atom. The van der Waals surface area contributed by atoms with Crippen LogP contribution in [0.5, 0.6) is 0 Å². The van der Waals surface area contributed by atoms with Gasteiger partial charge in [0.1, 0.15) is 6.04 Å². The second-order valence-corrected chi connectivity index (χ2v) is 6.99. The number of rotatable bonds is 4. The maximum Gasteiger partial charge on any atom is 0.320 e. The van der Waals surface area contributed by atoms with E-state index in [0.29, 0.717) is 19.0 Å². The molecule has 0 bridgehead atoms. The first-order valence-corrected chi connectivity index (χ1v) is 9.17. The number of aromatic nitrogens is 2. The molecule has 0 unspecified atom stereocenters. The topological polar surface area (TPSA) is 92.3 Å². The molecule has 0 spiro atoms. The number of carbonyl (C=O) groups is 1. The molecule has 0 amide bonds. The molecule has 3 N–H and O–H groups in total. The average molecular weight is 362 g/mol. The Kier molecular flexibility index (Phi) is 4.73. The molecule has 1 atom stereocenters. The van der Waals surface area contributed by atoms with Crippen molar-refractivity contribution in [3.63, 3.8) is 0 Å². The predicted molar refractivity (Wildman–Crippen MR) is 106 cm³/mol. The molecule has 0 aliphatic carbocycles. The lowest BCUT2D eigenvalue weighted by Gasteiger charge is -2.33. The van der Waals surface area contributed by atoms with Gasteiger partial charge in [0.05, 0.1) is 5.69 Å². The number of carboxylic acids is 1. The average Bonchev–Trinajstić information content (AvgIpc) is 2.73. The highest BCUT2D eigenvalue weighted by Crippen LogP contribution is 2.26. The Balaban J connectivity index is 1.53. The molecule has 4 rings (SSSR count). The van der Waals surface area contributed by atoms with E-state index in [9.17, 15) is 4.79 Å². The normalized spacial score (nSPS) is 16.4. The molecule has 138 valence electrons. The second-order valence-electron chi connectivity index (χ2n) is 6.99. The molecule has 1 aliphatic rings. The van der Waals surface area contributed by atoms with Crippen LogP contribution in [0.2, 0.25) is 0 Å². The van der Waals surface area contributed by atoms with Crippen molar-refractivity contribution in [3.8, 4) is 11.3 Å². The molecule has 3 aromatic rings. The Hall–Kier alpha value is -2.99. The minimum absolute atomic E-state index is 0.00224. The van der Waals surface area contributed by atoms with Crippen LogP contribution in [-0.2, 0) is 4.79 Å². The minimum Gasteiger partial charge on any atom is -0.480 e. The molecule has 2 aromatic carbocycles. The third-order valence-corrected chi connectivity index (χ3v) is 5.30. The fraction of sp³-hybridized carbons (Fsp3) is 0.286. The zero-order chi connectivity index (χ0) is 18.8. The number of benzene rings is 2. The van der Waals surface area contributed by atoms with Gasteiger partial charge in [-0.25, -0.2) is 9.97 Å². The third-order valence-electron chi connectivity index (χ3n) is 5.30. The van der Waals surface area contributed by atoms with E-state index in [0.717, 1.165) is 24.1 Å². The van der Waals surface area contributed by atoms with Gasteiger partial charge in [-0.2, -0.15) is 0 Å². The molecule has 1 aromatic heterocycles. The van der Waals surface area contributed by atoms with Crippen molar-refractivity contribution in [3.05, 3.63) is 54.7 Å². The van der Waals surface area contributed by atoms with E-state index in [4.69, 9.17) is 15.8 Å². The van der Waals surface area contributed by atoms with Crippen LogP contribution in [0, 0.1) is 5.92 Å². The molecule has 0 radical (unpaired) electrons. The first-order valence-electron chi connectivity index (χ1n) is 9.17. The van der Waals surface area contributed by atoms with Crippen molar-refractivity contribution in [2.24, 2.45) is 11.7 Å². The van der Waals surface area contributed by atoms with Gasteiger partial charge in [0.15, 0.2) is 0 Å². The molecule has 1 saturated heterocycles. The van der Waals surface area contributed by atoms with Gasteiger partial charge in [-0.3, -0.25) is 4.79 Å². The number of fused-ring (bicyclic) bond motifs is 1. The van der Waals surface area contributed by atoms with Crippen LogP contribution in [0.3, 0.4) is 0 Å². The van der Waals surface area contributed by atoms with Gasteiger partial charge in [-0.15, -0.1) is 0 Å². The maximum atomic E-state index is 11.1. The molecule has 1 aliphatic heterocycles. The summed E-state index contributed by atoms with van der Waals surface area (Å²) in [4.78, 5) is 22.4. The Morgan fingerprint density at radius 1 is 1.11 bits per heavy atom. The monoisotopic (exact) mass is 362 g/mol. The van der Waals surface area contributed by atoms with E-state index in [-0.39, 0.29) is 5.92 Å². The number of hydrogen-bond donors (Lipinski definition) is 2. The van der Waals surface area contributed by atoms with Gasteiger partial charge in [-0.1, -0.05) is 36.4 Å². The van der Waals surface area contributed by atoms with Gasteiger partial charge < -0.3 is 15.7 Å². The van der Waals surface area contributed by atoms with E-state index in [1.54, 1.807) is 6.20 Å². The van der Waals surface area contributed by atoms with Gasteiger partial charge >= 0.3 is 5.97 Å². The summed E-state index contributed by atoms with van der Waals surface area (Å²) < 4.78 is 0. The summed E-state index contributed by atoms with van der Waals surface area (Å²) in [6.45, 7) is 1.43.